The van der Waals surface area contributed by atoms with E-state index in [9.17, 15) is 10.5 Å². The van der Waals surface area contributed by atoms with E-state index in [0.29, 0.717) is 11.8 Å². The van der Waals surface area contributed by atoms with Gasteiger partial charge in [-0.3, -0.25) is 0 Å². The lowest BCUT2D eigenvalue weighted by molar-refractivity contribution is 0.135. The van der Waals surface area contributed by atoms with Crippen LogP contribution >= 0.6 is 0 Å². The second-order valence-electron chi connectivity index (χ2n) is 8.77. The summed E-state index contributed by atoms with van der Waals surface area (Å²) < 4.78 is 0. The maximum Gasteiger partial charge on any atom is 0.0731 e. The highest BCUT2D eigenvalue weighted by molar-refractivity contribution is 5.15. The van der Waals surface area contributed by atoms with E-state index in [0.717, 1.165) is 12.8 Å². The van der Waals surface area contributed by atoms with E-state index in [1.165, 1.54) is 0 Å². The van der Waals surface area contributed by atoms with Crippen LogP contribution in [0, 0.1) is 79.3 Å². The average molecular weight is 343 g/mol. The molecular formula is C21H34N4. The van der Waals surface area contributed by atoms with Crippen molar-refractivity contribution in [2.75, 3.05) is 0 Å². The average Bonchev–Trinajstić information content (AvgIpc) is 2.52. The lowest BCUT2D eigenvalue weighted by Crippen LogP contribution is -2.37. The molecule has 0 aromatic heterocycles. The molecule has 0 aliphatic carbocycles. The molecule has 4 heteroatoms. The van der Waals surface area contributed by atoms with Crippen LogP contribution in [0.15, 0.2) is 0 Å². The number of nitrogens with zero attached hydrogens (tertiary/aromatic N) is 4. The lowest BCUT2D eigenvalue weighted by atomic mass is 9.60. The van der Waals surface area contributed by atoms with Crippen LogP contribution in [0.4, 0.5) is 0 Å². The second kappa shape index (κ2) is 10.1. The van der Waals surface area contributed by atoms with Crippen molar-refractivity contribution in [3.8, 4) is 24.3 Å². The van der Waals surface area contributed by atoms with Crippen molar-refractivity contribution in [3.63, 3.8) is 0 Å². The zero-order chi connectivity index (χ0) is 20.5. The fourth-order valence-corrected chi connectivity index (χ4v) is 2.68. The summed E-state index contributed by atoms with van der Waals surface area (Å²) in [6.07, 6.45) is 1.56. The maximum atomic E-state index is 9.41. The molecule has 0 saturated heterocycles. The Labute approximate surface area is 155 Å². The fraction of sp³-hybridized carbons (Fsp3) is 0.810. The first-order chi connectivity index (χ1) is 11.2. The number of hydrogen-bond acceptors (Lipinski definition) is 4. The Morgan fingerprint density at radius 1 is 0.640 bits per heavy atom. The molecule has 3 atom stereocenters. The minimum absolute atomic E-state index is 0.192. The van der Waals surface area contributed by atoms with Crippen molar-refractivity contribution < 1.29 is 0 Å². The quantitative estimate of drug-likeness (QED) is 0.606. The molecule has 0 spiro atoms. The predicted molar refractivity (Wildman–Crippen MR) is 101 cm³/mol. The first-order valence-electron chi connectivity index (χ1n) is 8.88. The van der Waals surface area contributed by atoms with Crippen LogP contribution in [0.5, 0.6) is 0 Å². The van der Waals surface area contributed by atoms with E-state index in [1.54, 1.807) is 20.8 Å². The first-order valence-corrected chi connectivity index (χ1v) is 8.88. The third-order valence-electron chi connectivity index (χ3n) is 4.91. The summed E-state index contributed by atoms with van der Waals surface area (Å²) in [6, 6.07) is 8.87. The molecule has 25 heavy (non-hydrogen) atoms. The van der Waals surface area contributed by atoms with E-state index in [1.807, 2.05) is 19.9 Å². The molecule has 0 aliphatic rings. The summed E-state index contributed by atoms with van der Waals surface area (Å²) in [6.45, 7) is 17.5. The van der Waals surface area contributed by atoms with Gasteiger partial charge in [0, 0.05) is 0 Å². The third-order valence-corrected chi connectivity index (χ3v) is 4.91. The Kier molecular flexibility index (Phi) is 10.1. The molecule has 0 bridgehead atoms. The Morgan fingerprint density at radius 3 is 1.08 bits per heavy atom. The van der Waals surface area contributed by atoms with Gasteiger partial charge in [-0.05, 0) is 59.3 Å². The van der Waals surface area contributed by atoms with Gasteiger partial charge in [0.25, 0.3) is 0 Å². The lowest BCUT2D eigenvalue weighted by Gasteiger charge is -2.38. The highest BCUT2D eigenvalue weighted by Crippen LogP contribution is 2.47. The van der Waals surface area contributed by atoms with Crippen LogP contribution in [0.3, 0.4) is 0 Å². The maximum absolute atomic E-state index is 9.41. The van der Waals surface area contributed by atoms with Gasteiger partial charge in [0.1, 0.15) is 0 Å². The molecule has 0 N–H and O–H groups in total. The van der Waals surface area contributed by atoms with E-state index in [-0.39, 0.29) is 5.92 Å². The van der Waals surface area contributed by atoms with Crippen molar-refractivity contribution in [1.82, 2.24) is 0 Å². The molecule has 0 amide bonds. The van der Waals surface area contributed by atoms with Crippen LogP contribution in [-0.4, -0.2) is 0 Å². The Bertz CT molecular complexity index is 545. The van der Waals surface area contributed by atoms with E-state index in [2.05, 4.69) is 45.9 Å². The van der Waals surface area contributed by atoms with Gasteiger partial charge in [-0.25, -0.2) is 0 Å². The third kappa shape index (κ3) is 7.59. The van der Waals surface area contributed by atoms with Crippen molar-refractivity contribution in [2.24, 2.45) is 34.0 Å². The summed E-state index contributed by atoms with van der Waals surface area (Å²) in [5.41, 5.74) is -1.62. The summed E-state index contributed by atoms with van der Waals surface area (Å²) in [4.78, 5) is 0. The molecule has 0 rings (SSSR count). The molecule has 0 aromatic carbocycles. The largest absolute Gasteiger partial charge is 0.198 e. The molecule has 3 unspecified atom stereocenters. The SMILES string of the molecule is CC(C#N)C(C)(C)C#N.CC(C)CC(C)(C#N)C(C)(C#N)CC(C)C. The van der Waals surface area contributed by atoms with Gasteiger partial charge in [-0.15, -0.1) is 0 Å². The Hall–Kier alpha value is -2.04. The van der Waals surface area contributed by atoms with Crippen LogP contribution in [0.1, 0.15) is 75.2 Å². The highest BCUT2D eigenvalue weighted by atomic mass is 14.5. The van der Waals surface area contributed by atoms with E-state index >= 15 is 0 Å². The highest BCUT2D eigenvalue weighted by Gasteiger charge is 2.46. The minimum atomic E-state index is -0.555. The van der Waals surface area contributed by atoms with Gasteiger partial charge < -0.3 is 0 Å². The minimum Gasteiger partial charge on any atom is -0.198 e. The topological polar surface area (TPSA) is 95.2 Å². The van der Waals surface area contributed by atoms with Crippen LogP contribution in [0.2, 0.25) is 0 Å². The first kappa shape index (κ1) is 25.2. The number of hydrogen-bond donors (Lipinski definition) is 0. The van der Waals surface area contributed by atoms with Gasteiger partial charge in [-0.1, -0.05) is 27.7 Å². The summed E-state index contributed by atoms with van der Waals surface area (Å²) in [5, 5.41) is 35.7. The predicted octanol–water partition coefficient (Wildman–Crippen LogP) is 5.83. The number of rotatable bonds is 6. The van der Waals surface area contributed by atoms with Crippen molar-refractivity contribution in [3.05, 3.63) is 0 Å². The molecule has 0 saturated carbocycles. The second-order valence-corrected chi connectivity index (χ2v) is 8.77. The monoisotopic (exact) mass is 342 g/mol. The molecule has 138 valence electrons. The van der Waals surface area contributed by atoms with Gasteiger partial charge in [0.05, 0.1) is 46.4 Å². The smallest absolute Gasteiger partial charge is 0.0731 e. The Balaban J connectivity index is 0. The van der Waals surface area contributed by atoms with Crippen molar-refractivity contribution in [2.45, 2.75) is 75.2 Å². The summed E-state index contributed by atoms with van der Waals surface area (Å²) >= 11 is 0. The van der Waals surface area contributed by atoms with E-state index < -0.39 is 16.2 Å². The van der Waals surface area contributed by atoms with E-state index in [4.69, 9.17) is 10.5 Å². The fourth-order valence-electron chi connectivity index (χ4n) is 2.68. The molecule has 0 radical (unpaired) electrons. The molecule has 0 heterocycles. The normalized spacial score (nSPS) is 16.8. The van der Waals surface area contributed by atoms with Crippen molar-refractivity contribution >= 4 is 0 Å². The van der Waals surface area contributed by atoms with Gasteiger partial charge in [0.2, 0.25) is 0 Å². The zero-order valence-electron chi connectivity index (χ0n) is 17.4. The van der Waals surface area contributed by atoms with Crippen LogP contribution < -0.4 is 0 Å². The van der Waals surface area contributed by atoms with Gasteiger partial charge >= 0.3 is 0 Å². The van der Waals surface area contributed by atoms with Gasteiger partial charge in [-0.2, -0.15) is 21.0 Å². The molecule has 4 nitrogen and oxygen atoms in total. The molecule has 0 fully saturated rings. The van der Waals surface area contributed by atoms with Crippen molar-refractivity contribution in [1.29, 1.82) is 21.0 Å². The van der Waals surface area contributed by atoms with Crippen LogP contribution in [0.25, 0.3) is 0 Å². The molecule has 0 aliphatic heterocycles. The summed E-state index contributed by atoms with van der Waals surface area (Å²) in [5.74, 6) is 0.677. The number of nitriles is 4. The Morgan fingerprint density at radius 2 is 0.960 bits per heavy atom. The summed E-state index contributed by atoms with van der Waals surface area (Å²) in [7, 11) is 0. The van der Waals surface area contributed by atoms with Gasteiger partial charge in [0.15, 0.2) is 0 Å². The molecular weight excluding hydrogens is 308 g/mol. The standard InChI is InChI=1S/C14H24N2.C7H10N2/c1-11(2)7-13(5,9-15)14(6,10-16)8-12(3)4;1-6(4-8)7(2,3)5-9/h11-12H,7-8H2,1-6H3;6H,1-3H3. The molecule has 0 aromatic rings. The zero-order valence-corrected chi connectivity index (χ0v) is 17.4. The van der Waals surface area contributed by atoms with Crippen LogP contribution in [-0.2, 0) is 0 Å².